The second-order valence-electron chi connectivity index (χ2n) is 8.57. The molecule has 0 atom stereocenters. The van der Waals surface area contributed by atoms with Crippen LogP contribution in [0, 0.1) is 0 Å². The number of aromatic nitrogens is 3. The number of methoxy groups -OCH3 is 1. The van der Waals surface area contributed by atoms with E-state index in [1.165, 1.54) is 15.7 Å². The summed E-state index contributed by atoms with van der Waals surface area (Å²) in [5.41, 5.74) is 2.60. The quantitative estimate of drug-likeness (QED) is 0.412. The maximum atomic E-state index is 13.1. The van der Waals surface area contributed by atoms with Crippen molar-refractivity contribution < 1.29 is 9.53 Å². The van der Waals surface area contributed by atoms with Gasteiger partial charge in [0.15, 0.2) is 0 Å². The molecule has 0 fully saturated rings. The largest absolute Gasteiger partial charge is 0.497 e. The van der Waals surface area contributed by atoms with Crippen molar-refractivity contribution in [3.63, 3.8) is 0 Å². The van der Waals surface area contributed by atoms with E-state index in [1.807, 2.05) is 65.6 Å². The Balaban J connectivity index is 1.29. The van der Waals surface area contributed by atoms with Gasteiger partial charge in [0.2, 0.25) is 11.6 Å². The van der Waals surface area contributed by atoms with Crippen molar-refractivity contribution in [2.24, 2.45) is 0 Å². The van der Waals surface area contributed by atoms with Gasteiger partial charge in [0.25, 0.3) is 11.5 Å². The van der Waals surface area contributed by atoms with E-state index in [1.54, 1.807) is 7.11 Å². The molecular weight excluding hydrogens is 454 g/mol. The van der Waals surface area contributed by atoms with E-state index in [2.05, 4.69) is 39.8 Å². The van der Waals surface area contributed by atoms with E-state index in [9.17, 15) is 9.59 Å². The number of fused-ring (bicyclic) bond motifs is 1. The van der Waals surface area contributed by atoms with Crippen LogP contribution in [0.1, 0.15) is 34.0 Å². The average molecular weight is 482 g/mol. The Hall–Kier alpha value is -4.46. The summed E-state index contributed by atoms with van der Waals surface area (Å²) >= 11 is 0. The van der Waals surface area contributed by atoms with Crippen molar-refractivity contribution in [1.29, 1.82) is 0 Å². The zero-order valence-corrected chi connectivity index (χ0v) is 20.0. The number of hydrogen-bond acceptors (Lipinski definition) is 6. The lowest BCUT2D eigenvalue weighted by molar-refractivity contribution is 0.0944. The van der Waals surface area contributed by atoms with Crippen molar-refractivity contribution in [1.82, 2.24) is 20.1 Å². The number of nitrogens with zero attached hydrogens (tertiary/aromatic N) is 4. The number of benzene rings is 3. The average Bonchev–Trinajstić information content (AvgIpc) is 3.37. The monoisotopic (exact) mass is 481 g/mol. The molecule has 3 aromatic carbocycles. The van der Waals surface area contributed by atoms with Crippen molar-refractivity contribution >= 4 is 17.5 Å². The van der Waals surface area contributed by atoms with Gasteiger partial charge in [-0.05, 0) is 41.8 Å². The zero-order chi connectivity index (χ0) is 24.9. The predicted octanol–water partition coefficient (Wildman–Crippen LogP) is 3.75. The summed E-state index contributed by atoms with van der Waals surface area (Å²) in [6.07, 6.45) is 0.685. The van der Waals surface area contributed by atoms with Gasteiger partial charge in [0, 0.05) is 31.2 Å². The first kappa shape index (κ1) is 23.3. The predicted molar refractivity (Wildman–Crippen MR) is 138 cm³/mol. The van der Waals surface area contributed by atoms with Crippen LogP contribution in [0.5, 0.6) is 5.75 Å². The minimum atomic E-state index is -0.509. The minimum Gasteiger partial charge on any atom is -0.497 e. The highest BCUT2D eigenvalue weighted by Crippen LogP contribution is 2.29. The molecule has 182 valence electrons. The summed E-state index contributed by atoms with van der Waals surface area (Å²) in [4.78, 5) is 27.9. The van der Waals surface area contributed by atoms with Gasteiger partial charge in [-0.15, -0.1) is 10.2 Å². The number of carbonyl (C=O) groups is 1. The highest BCUT2D eigenvalue weighted by molar-refractivity contribution is 5.91. The summed E-state index contributed by atoms with van der Waals surface area (Å²) in [7, 11) is 1.61. The molecule has 5 rings (SSSR count). The number of amides is 1. The van der Waals surface area contributed by atoms with Gasteiger partial charge >= 0.3 is 0 Å². The summed E-state index contributed by atoms with van der Waals surface area (Å²) < 4.78 is 6.72. The Morgan fingerprint density at radius 3 is 2.17 bits per heavy atom. The van der Waals surface area contributed by atoms with E-state index < -0.39 is 11.5 Å². The lowest BCUT2D eigenvalue weighted by atomic mass is 9.88. The molecule has 0 aliphatic carbocycles. The smallest absolute Gasteiger partial charge is 0.286 e. The molecule has 0 unspecified atom stereocenters. The number of carbonyl (C=O) groups excluding carboxylic acids is 1. The van der Waals surface area contributed by atoms with Crippen LogP contribution in [0.3, 0.4) is 0 Å². The van der Waals surface area contributed by atoms with E-state index in [-0.39, 0.29) is 11.6 Å². The van der Waals surface area contributed by atoms with Gasteiger partial charge in [0.05, 0.1) is 7.11 Å². The third-order valence-corrected chi connectivity index (χ3v) is 6.44. The van der Waals surface area contributed by atoms with Crippen LogP contribution in [0.4, 0.5) is 11.6 Å². The van der Waals surface area contributed by atoms with Gasteiger partial charge in [-0.2, -0.15) is 0 Å². The third kappa shape index (κ3) is 4.70. The molecule has 1 aliphatic heterocycles. The fourth-order valence-electron chi connectivity index (χ4n) is 4.57. The lowest BCUT2D eigenvalue weighted by Gasteiger charge is -2.18. The molecule has 1 amide bonds. The molecule has 1 aliphatic rings. The standard InChI is InChI=1S/C28H27N5O3/c1-36-23-14-12-22(13-15-23)32-18-19-33-27(35)25(30-31-28(32)33)26(34)29-17-16-24(20-8-4-2-5-9-20)21-10-6-3-7-11-21/h2-15,24H,16-19H2,1H3,(H,29,34). The van der Waals surface area contributed by atoms with Crippen LogP contribution in [0.15, 0.2) is 89.7 Å². The Kier molecular flexibility index (Phi) is 6.75. The summed E-state index contributed by atoms with van der Waals surface area (Å²) in [5, 5.41) is 11.1. The van der Waals surface area contributed by atoms with Gasteiger partial charge in [-0.3, -0.25) is 14.2 Å². The number of anilines is 2. The summed E-state index contributed by atoms with van der Waals surface area (Å²) in [6, 6.07) is 27.9. The van der Waals surface area contributed by atoms with Gasteiger partial charge in [-0.1, -0.05) is 60.7 Å². The minimum absolute atomic E-state index is 0.123. The molecule has 1 aromatic heterocycles. The van der Waals surface area contributed by atoms with E-state index in [0.717, 1.165) is 11.4 Å². The zero-order valence-electron chi connectivity index (χ0n) is 20.0. The van der Waals surface area contributed by atoms with Crippen LogP contribution in [0.25, 0.3) is 0 Å². The van der Waals surface area contributed by atoms with Gasteiger partial charge in [0.1, 0.15) is 5.75 Å². The number of nitrogens with one attached hydrogen (secondary N) is 1. The molecule has 0 spiro atoms. The number of ether oxygens (including phenoxy) is 1. The van der Waals surface area contributed by atoms with Gasteiger partial charge in [-0.25, -0.2) is 0 Å². The van der Waals surface area contributed by atoms with Crippen LogP contribution >= 0.6 is 0 Å². The molecule has 1 N–H and O–H groups in total. The molecule has 8 nitrogen and oxygen atoms in total. The second-order valence-corrected chi connectivity index (χ2v) is 8.57. The summed E-state index contributed by atoms with van der Waals surface area (Å²) in [6.45, 7) is 1.39. The van der Waals surface area contributed by atoms with Crippen LogP contribution < -0.4 is 20.5 Å². The molecule has 0 radical (unpaired) electrons. The SMILES string of the molecule is COc1ccc(N2CCn3c2nnc(C(=O)NCCC(c2ccccc2)c2ccccc2)c3=O)cc1. The normalized spacial score (nSPS) is 12.4. The lowest BCUT2D eigenvalue weighted by Crippen LogP contribution is -2.35. The van der Waals surface area contributed by atoms with Crippen LogP contribution in [-0.2, 0) is 6.54 Å². The topological polar surface area (TPSA) is 89.3 Å². The van der Waals surface area contributed by atoms with Crippen LogP contribution in [-0.4, -0.2) is 40.9 Å². The van der Waals surface area contributed by atoms with Crippen molar-refractivity contribution in [2.45, 2.75) is 18.9 Å². The first-order chi connectivity index (χ1) is 17.7. The Bertz CT molecular complexity index is 1350. The molecule has 0 bridgehead atoms. The fourth-order valence-corrected chi connectivity index (χ4v) is 4.57. The highest BCUT2D eigenvalue weighted by atomic mass is 16.5. The first-order valence-corrected chi connectivity index (χ1v) is 11.9. The maximum Gasteiger partial charge on any atom is 0.286 e. The molecule has 4 aromatic rings. The van der Waals surface area contributed by atoms with Crippen LogP contribution in [0.2, 0.25) is 0 Å². The van der Waals surface area contributed by atoms with Crippen molar-refractivity contribution in [3.8, 4) is 5.75 Å². The Labute approximate surface area is 209 Å². The Morgan fingerprint density at radius 2 is 1.56 bits per heavy atom. The number of hydrogen-bond donors (Lipinski definition) is 1. The van der Waals surface area contributed by atoms with E-state index >= 15 is 0 Å². The Morgan fingerprint density at radius 1 is 0.917 bits per heavy atom. The van der Waals surface area contributed by atoms with E-state index in [0.29, 0.717) is 32.0 Å². The second kappa shape index (κ2) is 10.4. The fraction of sp³-hybridized carbons (Fsp3) is 0.214. The molecular formula is C28H27N5O3. The highest BCUT2D eigenvalue weighted by Gasteiger charge is 2.27. The third-order valence-electron chi connectivity index (χ3n) is 6.44. The maximum absolute atomic E-state index is 13.1. The van der Waals surface area contributed by atoms with Gasteiger partial charge < -0.3 is 15.0 Å². The first-order valence-electron chi connectivity index (χ1n) is 11.9. The molecule has 2 heterocycles. The molecule has 0 saturated carbocycles. The summed E-state index contributed by atoms with van der Waals surface area (Å²) in [5.74, 6) is 0.786. The van der Waals surface area contributed by atoms with Crippen molar-refractivity contribution in [2.75, 3.05) is 25.1 Å². The molecule has 0 saturated heterocycles. The van der Waals surface area contributed by atoms with E-state index in [4.69, 9.17) is 4.74 Å². The molecule has 36 heavy (non-hydrogen) atoms. The number of rotatable bonds is 8. The van der Waals surface area contributed by atoms with Crippen molar-refractivity contribution in [3.05, 3.63) is 112 Å². The molecule has 8 heteroatoms.